The Morgan fingerprint density at radius 3 is 2.80 bits per heavy atom. The highest BCUT2D eigenvalue weighted by molar-refractivity contribution is 5.87. The van der Waals surface area contributed by atoms with E-state index in [4.69, 9.17) is 0 Å². The van der Waals surface area contributed by atoms with Gasteiger partial charge in [-0.3, -0.25) is 14.6 Å². The zero-order valence-corrected chi connectivity index (χ0v) is 14.7. The van der Waals surface area contributed by atoms with Crippen LogP contribution < -0.4 is 0 Å². The standard InChI is InChI=1S/C17H27F2N3O3/c1-12-15(23)22-13(5-6-14(22)10-21(12)16(24)25)4-2-8-20-9-3-7-17(18,19)11-20/h12-14H,2-11H2,1H3,(H,24,25)/t12-,13-,14-/m0/s1. The number of carbonyl (C=O) groups is 2. The SMILES string of the molecule is C[C@H]1C(=O)N2[C@@H](CCCN3CCCC(F)(F)C3)CC[C@H]2CN1C(=O)O. The van der Waals surface area contributed by atoms with E-state index in [0.29, 0.717) is 19.5 Å². The number of amides is 2. The average Bonchev–Trinajstić information content (AvgIpc) is 2.93. The third-order valence-electron chi connectivity index (χ3n) is 5.84. The Morgan fingerprint density at radius 2 is 2.12 bits per heavy atom. The average molecular weight is 359 g/mol. The summed E-state index contributed by atoms with van der Waals surface area (Å²) in [5, 5.41) is 9.23. The highest BCUT2D eigenvalue weighted by atomic mass is 19.3. The number of nitrogens with zero attached hydrogens (tertiary/aromatic N) is 3. The van der Waals surface area contributed by atoms with Gasteiger partial charge in [-0.15, -0.1) is 0 Å². The number of piperazine rings is 1. The summed E-state index contributed by atoms with van der Waals surface area (Å²) in [6.45, 7) is 3.20. The molecule has 0 aromatic heterocycles. The number of fused-ring (bicyclic) bond motifs is 1. The highest BCUT2D eigenvalue weighted by Gasteiger charge is 2.46. The van der Waals surface area contributed by atoms with E-state index in [1.54, 1.807) is 6.92 Å². The van der Waals surface area contributed by atoms with Gasteiger partial charge >= 0.3 is 6.09 Å². The molecule has 3 aliphatic heterocycles. The Hall–Kier alpha value is -1.44. The third kappa shape index (κ3) is 3.88. The van der Waals surface area contributed by atoms with Crippen LogP contribution in [0.15, 0.2) is 0 Å². The first-order valence-electron chi connectivity index (χ1n) is 9.20. The van der Waals surface area contributed by atoms with Gasteiger partial charge in [0.15, 0.2) is 0 Å². The maximum Gasteiger partial charge on any atom is 0.408 e. The minimum absolute atomic E-state index is 0.0198. The lowest BCUT2D eigenvalue weighted by Crippen LogP contribution is -2.61. The van der Waals surface area contributed by atoms with Crippen molar-refractivity contribution in [2.45, 2.75) is 69.5 Å². The molecule has 3 aliphatic rings. The van der Waals surface area contributed by atoms with Gasteiger partial charge in [0.05, 0.1) is 6.54 Å². The Balaban J connectivity index is 1.51. The first kappa shape index (κ1) is 18.4. The molecule has 0 radical (unpaired) electrons. The monoisotopic (exact) mass is 359 g/mol. The fourth-order valence-corrected chi connectivity index (χ4v) is 4.55. The van der Waals surface area contributed by atoms with Crippen molar-refractivity contribution in [3.05, 3.63) is 0 Å². The van der Waals surface area contributed by atoms with Crippen LogP contribution in [0.3, 0.4) is 0 Å². The number of piperidine rings is 1. The van der Waals surface area contributed by atoms with E-state index in [1.807, 2.05) is 9.80 Å². The molecule has 6 nitrogen and oxygen atoms in total. The predicted molar refractivity (Wildman–Crippen MR) is 87.7 cm³/mol. The van der Waals surface area contributed by atoms with E-state index in [9.17, 15) is 23.5 Å². The summed E-state index contributed by atoms with van der Waals surface area (Å²) in [5.41, 5.74) is 0. The van der Waals surface area contributed by atoms with Gasteiger partial charge in [-0.05, 0) is 52.1 Å². The lowest BCUT2D eigenvalue weighted by Gasteiger charge is -2.42. The van der Waals surface area contributed by atoms with E-state index in [-0.39, 0.29) is 31.0 Å². The Kier molecular flexibility index (Phi) is 5.18. The summed E-state index contributed by atoms with van der Waals surface area (Å²) in [4.78, 5) is 28.8. The molecule has 0 saturated carbocycles. The van der Waals surface area contributed by atoms with Crippen molar-refractivity contribution in [1.29, 1.82) is 0 Å². The van der Waals surface area contributed by atoms with Gasteiger partial charge in [0, 0.05) is 25.0 Å². The molecule has 25 heavy (non-hydrogen) atoms. The molecule has 0 unspecified atom stereocenters. The van der Waals surface area contributed by atoms with E-state index >= 15 is 0 Å². The van der Waals surface area contributed by atoms with Crippen LogP contribution in [0, 0.1) is 0 Å². The molecule has 142 valence electrons. The van der Waals surface area contributed by atoms with Crippen molar-refractivity contribution in [3.63, 3.8) is 0 Å². The summed E-state index contributed by atoms with van der Waals surface area (Å²) in [5.74, 6) is -2.69. The first-order valence-corrected chi connectivity index (χ1v) is 9.20. The van der Waals surface area contributed by atoms with Crippen LogP contribution in [0.1, 0.15) is 45.4 Å². The molecule has 0 aromatic rings. The van der Waals surface area contributed by atoms with Gasteiger partial charge in [0.25, 0.3) is 5.92 Å². The molecule has 2 amide bonds. The number of carbonyl (C=O) groups excluding carboxylic acids is 1. The molecule has 3 saturated heterocycles. The largest absolute Gasteiger partial charge is 0.465 e. The molecule has 3 fully saturated rings. The molecular formula is C17H27F2N3O3. The molecule has 3 atom stereocenters. The van der Waals surface area contributed by atoms with Gasteiger partial charge in [-0.2, -0.15) is 0 Å². The van der Waals surface area contributed by atoms with Crippen molar-refractivity contribution >= 4 is 12.0 Å². The minimum atomic E-state index is -2.57. The number of rotatable bonds is 4. The van der Waals surface area contributed by atoms with Crippen LogP contribution in [0.4, 0.5) is 13.6 Å². The molecule has 3 heterocycles. The second kappa shape index (κ2) is 7.05. The normalized spacial score (nSPS) is 32.8. The Labute approximate surface area is 146 Å². The van der Waals surface area contributed by atoms with E-state index in [2.05, 4.69) is 0 Å². The van der Waals surface area contributed by atoms with E-state index in [0.717, 1.165) is 32.2 Å². The zero-order valence-electron chi connectivity index (χ0n) is 14.7. The topological polar surface area (TPSA) is 64.1 Å². The van der Waals surface area contributed by atoms with Gasteiger partial charge in [-0.1, -0.05) is 0 Å². The maximum absolute atomic E-state index is 13.5. The minimum Gasteiger partial charge on any atom is -0.465 e. The molecule has 0 aromatic carbocycles. The first-order chi connectivity index (χ1) is 11.8. The molecule has 8 heteroatoms. The van der Waals surface area contributed by atoms with Gasteiger partial charge in [-0.25, -0.2) is 13.6 Å². The van der Waals surface area contributed by atoms with Crippen molar-refractivity contribution in [2.75, 3.05) is 26.2 Å². The molecule has 0 aliphatic carbocycles. The van der Waals surface area contributed by atoms with Crippen molar-refractivity contribution < 1.29 is 23.5 Å². The van der Waals surface area contributed by atoms with Crippen molar-refractivity contribution in [1.82, 2.24) is 14.7 Å². The summed E-state index contributed by atoms with van der Waals surface area (Å²) >= 11 is 0. The quantitative estimate of drug-likeness (QED) is 0.836. The molecule has 1 N–H and O–H groups in total. The summed E-state index contributed by atoms with van der Waals surface area (Å²) in [7, 11) is 0. The summed E-state index contributed by atoms with van der Waals surface area (Å²) in [6.07, 6.45) is 2.73. The summed E-state index contributed by atoms with van der Waals surface area (Å²) < 4.78 is 26.9. The van der Waals surface area contributed by atoms with Gasteiger partial charge < -0.3 is 10.0 Å². The van der Waals surface area contributed by atoms with Gasteiger partial charge in [0.1, 0.15) is 6.04 Å². The van der Waals surface area contributed by atoms with Crippen molar-refractivity contribution in [3.8, 4) is 0 Å². The van der Waals surface area contributed by atoms with Crippen LogP contribution in [0.5, 0.6) is 0 Å². The fraction of sp³-hybridized carbons (Fsp3) is 0.882. The molecule has 0 bridgehead atoms. The lowest BCUT2D eigenvalue weighted by molar-refractivity contribution is -0.144. The number of hydrogen-bond acceptors (Lipinski definition) is 3. The second-order valence-electron chi connectivity index (χ2n) is 7.62. The van der Waals surface area contributed by atoms with Crippen molar-refractivity contribution in [2.24, 2.45) is 0 Å². The highest BCUT2D eigenvalue weighted by Crippen LogP contribution is 2.33. The zero-order chi connectivity index (χ0) is 18.2. The molecular weight excluding hydrogens is 332 g/mol. The van der Waals surface area contributed by atoms with E-state index < -0.39 is 18.1 Å². The lowest BCUT2D eigenvalue weighted by atomic mass is 10.0. The number of alkyl halides is 2. The van der Waals surface area contributed by atoms with Crippen LogP contribution in [0.25, 0.3) is 0 Å². The van der Waals surface area contributed by atoms with E-state index in [1.165, 1.54) is 4.90 Å². The Bertz CT molecular complexity index is 531. The van der Waals surface area contributed by atoms with Crippen LogP contribution in [0.2, 0.25) is 0 Å². The molecule has 3 rings (SSSR count). The molecule has 0 spiro atoms. The van der Waals surface area contributed by atoms with Crippen LogP contribution in [-0.4, -0.2) is 82.0 Å². The van der Waals surface area contributed by atoms with Crippen LogP contribution >= 0.6 is 0 Å². The second-order valence-corrected chi connectivity index (χ2v) is 7.62. The van der Waals surface area contributed by atoms with Crippen LogP contribution in [-0.2, 0) is 4.79 Å². The number of likely N-dealkylation sites (tertiary alicyclic amines) is 1. The smallest absolute Gasteiger partial charge is 0.408 e. The number of hydrogen-bond donors (Lipinski definition) is 1. The Morgan fingerprint density at radius 1 is 1.36 bits per heavy atom. The number of carboxylic acid groups (broad SMARTS) is 1. The fourth-order valence-electron chi connectivity index (χ4n) is 4.55. The summed E-state index contributed by atoms with van der Waals surface area (Å²) in [6, 6.07) is -0.569. The maximum atomic E-state index is 13.5. The number of halogens is 2. The van der Waals surface area contributed by atoms with Gasteiger partial charge in [0.2, 0.25) is 5.91 Å². The third-order valence-corrected chi connectivity index (χ3v) is 5.84. The predicted octanol–water partition coefficient (Wildman–Crippen LogP) is 2.24.